The predicted molar refractivity (Wildman–Crippen MR) is 157 cm³/mol. The number of carbonyl (C=O) groups excluding carboxylic acids is 3. The van der Waals surface area contributed by atoms with Crippen molar-refractivity contribution in [2.24, 2.45) is 5.92 Å². The van der Waals surface area contributed by atoms with Gasteiger partial charge in [0.2, 0.25) is 5.91 Å². The molecule has 1 saturated heterocycles. The number of benzene rings is 4. The molecule has 3 aliphatic heterocycles. The van der Waals surface area contributed by atoms with E-state index in [-0.39, 0.29) is 28.1 Å². The normalized spacial score (nSPS) is 23.9. The first-order chi connectivity index (χ1) is 19.4. The molecule has 4 atom stereocenters. The summed E-state index contributed by atoms with van der Waals surface area (Å²) in [6, 6.07) is 26.9. The molecule has 1 amide bonds. The Balaban J connectivity index is 1.56. The summed E-state index contributed by atoms with van der Waals surface area (Å²) < 4.78 is 0. The van der Waals surface area contributed by atoms with E-state index in [9.17, 15) is 14.4 Å². The first-order valence-electron chi connectivity index (χ1n) is 13.0. The molecule has 7 heteroatoms. The first-order valence-corrected chi connectivity index (χ1v) is 13.7. The molecule has 0 aromatic heterocycles. The maximum Gasteiger partial charge on any atom is 0.238 e. The van der Waals surface area contributed by atoms with Gasteiger partial charge in [-0.05, 0) is 47.5 Å². The third kappa shape index (κ3) is 3.38. The SMILES string of the molecule is O=C(c1ccccc1)[C@@H]1[C@H](C(=O)c2ccccc2Cl)[C@@]2(C(=O)Nc3ccccc32)[C@@H]2C=Cc3cc(Cl)ccc3N12. The zero-order valence-corrected chi connectivity index (χ0v) is 22.6. The topological polar surface area (TPSA) is 66.5 Å². The summed E-state index contributed by atoms with van der Waals surface area (Å²) in [6.45, 7) is 0. The number of nitrogens with zero attached hydrogens (tertiary/aromatic N) is 1. The number of nitrogens with one attached hydrogen (secondary N) is 1. The first kappa shape index (κ1) is 24.8. The van der Waals surface area contributed by atoms with Crippen molar-refractivity contribution in [1.82, 2.24) is 0 Å². The van der Waals surface area contributed by atoms with Gasteiger partial charge in [0.1, 0.15) is 11.5 Å². The van der Waals surface area contributed by atoms with Gasteiger partial charge in [-0.2, -0.15) is 0 Å². The minimum Gasteiger partial charge on any atom is -0.352 e. The number of Topliss-reactive ketones (excluding diaryl/α,β-unsaturated/α-hetero) is 2. The lowest BCUT2D eigenvalue weighted by Crippen LogP contribution is -2.51. The molecule has 7 rings (SSSR count). The van der Waals surface area contributed by atoms with Crippen molar-refractivity contribution < 1.29 is 14.4 Å². The Kier molecular flexibility index (Phi) is 5.70. The molecule has 40 heavy (non-hydrogen) atoms. The van der Waals surface area contributed by atoms with Crippen LogP contribution in [0.4, 0.5) is 11.4 Å². The fourth-order valence-corrected chi connectivity index (χ4v) is 7.16. The number of halogens is 2. The zero-order chi connectivity index (χ0) is 27.6. The van der Waals surface area contributed by atoms with Crippen LogP contribution in [0.25, 0.3) is 6.08 Å². The fraction of sp³-hybridized carbons (Fsp3) is 0.121. The van der Waals surface area contributed by atoms with Crippen molar-refractivity contribution in [2.45, 2.75) is 17.5 Å². The van der Waals surface area contributed by atoms with Crippen molar-refractivity contribution >= 4 is 58.1 Å². The highest BCUT2D eigenvalue weighted by molar-refractivity contribution is 6.34. The molecule has 0 radical (unpaired) electrons. The van der Waals surface area contributed by atoms with E-state index in [1.54, 1.807) is 54.6 Å². The standard InChI is InChI=1S/C33H22Cl2N2O3/c34-21-15-16-26-20(18-21)14-17-27-33(23-11-5-7-13-25(23)36-32(33)40)28(31(39)22-10-4-6-12-24(22)35)29(37(26)27)30(38)19-8-2-1-3-9-19/h1-18,27-29H,(H,36,40)/t27-,28+,29-,33-/m0/s1. The molecule has 1 N–H and O–H groups in total. The summed E-state index contributed by atoms with van der Waals surface area (Å²) >= 11 is 12.9. The lowest BCUT2D eigenvalue weighted by molar-refractivity contribution is -0.121. The highest BCUT2D eigenvalue weighted by Crippen LogP contribution is 2.58. The van der Waals surface area contributed by atoms with Gasteiger partial charge in [-0.15, -0.1) is 0 Å². The average Bonchev–Trinajstić information content (AvgIpc) is 3.45. The summed E-state index contributed by atoms with van der Waals surface area (Å²) in [6.07, 6.45) is 3.84. The van der Waals surface area contributed by atoms with Crippen molar-refractivity contribution in [3.63, 3.8) is 0 Å². The summed E-state index contributed by atoms with van der Waals surface area (Å²) in [4.78, 5) is 45.6. The number of amides is 1. The van der Waals surface area contributed by atoms with Gasteiger partial charge in [0.15, 0.2) is 11.6 Å². The lowest BCUT2D eigenvalue weighted by atomic mass is 9.64. The van der Waals surface area contributed by atoms with Crippen LogP contribution in [0.3, 0.4) is 0 Å². The molecule has 3 heterocycles. The van der Waals surface area contributed by atoms with Gasteiger partial charge in [-0.25, -0.2) is 0 Å². The quantitative estimate of drug-likeness (QED) is 0.275. The van der Waals surface area contributed by atoms with Crippen LogP contribution >= 0.6 is 23.2 Å². The summed E-state index contributed by atoms with van der Waals surface area (Å²) in [5.74, 6) is -2.01. The monoisotopic (exact) mass is 564 g/mol. The summed E-state index contributed by atoms with van der Waals surface area (Å²) in [7, 11) is 0. The van der Waals surface area contributed by atoms with Crippen molar-refractivity contribution in [1.29, 1.82) is 0 Å². The number of rotatable bonds is 4. The Hall–Kier alpha value is -4.19. The van der Waals surface area contributed by atoms with Gasteiger partial charge in [-0.1, -0.05) is 96.0 Å². The number of hydrogen-bond donors (Lipinski definition) is 1. The van der Waals surface area contributed by atoms with E-state index < -0.39 is 23.4 Å². The maximum atomic E-state index is 14.8. The van der Waals surface area contributed by atoms with Crippen LogP contribution in [0.15, 0.2) is 103 Å². The predicted octanol–water partition coefficient (Wildman–Crippen LogP) is 6.85. The van der Waals surface area contributed by atoms with E-state index >= 15 is 0 Å². The molecule has 0 aliphatic carbocycles. The number of anilines is 2. The Morgan fingerprint density at radius 2 is 1.55 bits per heavy atom. The smallest absolute Gasteiger partial charge is 0.238 e. The molecular formula is C33H22Cl2N2O3. The second-order valence-corrected chi connectivity index (χ2v) is 11.1. The van der Waals surface area contributed by atoms with Gasteiger partial charge >= 0.3 is 0 Å². The van der Waals surface area contributed by atoms with Crippen molar-refractivity contribution in [3.05, 3.63) is 135 Å². The van der Waals surface area contributed by atoms with E-state index in [0.29, 0.717) is 21.8 Å². The number of hydrogen-bond acceptors (Lipinski definition) is 4. The van der Waals surface area contributed by atoms with Crippen LogP contribution in [0, 0.1) is 5.92 Å². The second-order valence-electron chi connectivity index (χ2n) is 10.3. The molecule has 5 nitrogen and oxygen atoms in total. The number of ketones is 2. The molecule has 196 valence electrons. The largest absolute Gasteiger partial charge is 0.352 e. The average molecular weight is 565 g/mol. The van der Waals surface area contributed by atoms with Gasteiger partial charge in [0.05, 0.1) is 17.0 Å². The number of para-hydroxylation sites is 1. The molecule has 1 spiro atoms. The van der Waals surface area contributed by atoms with Crippen LogP contribution in [-0.4, -0.2) is 29.6 Å². The zero-order valence-electron chi connectivity index (χ0n) is 21.1. The number of fused-ring (bicyclic) bond motifs is 6. The van der Waals surface area contributed by atoms with Crippen LogP contribution < -0.4 is 10.2 Å². The molecule has 3 aliphatic rings. The van der Waals surface area contributed by atoms with Crippen LogP contribution in [0.5, 0.6) is 0 Å². The van der Waals surface area contributed by atoms with Gasteiger partial charge in [-0.3, -0.25) is 14.4 Å². The molecular weight excluding hydrogens is 543 g/mol. The Morgan fingerprint density at radius 1 is 0.825 bits per heavy atom. The van der Waals surface area contributed by atoms with Gasteiger partial charge in [0.25, 0.3) is 0 Å². The van der Waals surface area contributed by atoms with E-state index in [2.05, 4.69) is 5.32 Å². The lowest BCUT2D eigenvalue weighted by Gasteiger charge is -2.37. The molecule has 0 unspecified atom stereocenters. The van der Waals surface area contributed by atoms with Crippen LogP contribution in [0.1, 0.15) is 31.8 Å². The van der Waals surface area contributed by atoms with Crippen LogP contribution in [-0.2, 0) is 10.2 Å². The van der Waals surface area contributed by atoms with Crippen molar-refractivity contribution in [3.8, 4) is 0 Å². The number of carbonyl (C=O) groups is 3. The molecule has 4 aromatic rings. The minimum atomic E-state index is -1.39. The molecule has 1 fully saturated rings. The summed E-state index contributed by atoms with van der Waals surface area (Å²) in [5.41, 5.74) is 2.20. The van der Waals surface area contributed by atoms with E-state index in [1.165, 1.54) is 0 Å². The van der Waals surface area contributed by atoms with Gasteiger partial charge < -0.3 is 10.2 Å². The highest BCUT2D eigenvalue weighted by atomic mass is 35.5. The van der Waals surface area contributed by atoms with Gasteiger partial charge in [0, 0.05) is 27.5 Å². The van der Waals surface area contributed by atoms with E-state index in [0.717, 1.165) is 11.3 Å². The Morgan fingerprint density at radius 3 is 2.35 bits per heavy atom. The second kappa shape index (κ2) is 9.19. The molecule has 4 aromatic carbocycles. The van der Waals surface area contributed by atoms with E-state index in [4.69, 9.17) is 23.2 Å². The van der Waals surface area contributed by atoms with Crippen molar-refractivity contribution in [2.75, 3.05) is 10.2 Å². The Bertz CT molecular complexity index is 1750. The maximum absolute atomic E-state index is 14.8. The molecule has 0 bridgehead atoms. The minimum absolute atomic E-state index is 0.249. The third-order valence-corrected chi connectivity index (χ3v) is 8.91. The van der Waals surface area contributed by atoms with E-state index in [1.807, 2.05) is 59.5 Å². The van der Waals surface area contributed by atoms with Crippen LogP contribution in [0.2, 0.25) is 10.0 Å². The Labute approximate surface area is 241 Å². The highest BCUT2D eigenvalue weighted by Gasteiger charge is 2.70. The third-order valence-electron chi connectivity index (χ3n) is 8.34. The summed E-state index contributed by atoms with van der Waals surface area (Å²) in [5, 5.41) is 3.85. The molecule has 0 saturated carbocycles. The fourth-order valence-electron chi connectivity index (χ4n) is 6.75.